The van der Waals surface area contributed by atoms with Gasteiger partial charge in [0.2, 0.25) is 0 Å². The normalized spacial score (nSPS) is 11.4. The number of benzene rings is 3. The van der Waals surface area contributed by atoms with Gasteiger partial charge in [-0.15, -0.1) is 0 Å². The molecule has 4 aromatic rings. The standard InChI is InChI=1S/C32H34N4O4/c1-21(2)40-30-15-12-23(7-6-16-33-32(39)36-25-13-10-22(3)11-14-25)17-28(30)31(38)35-26(20-37)18-24-19-34-29-9-5-4-8-27(24)29/h4-5,8-15,17,19,21,26,34,37H,16,18,20H2,1-3H3,(H,35,38)(H2,33,36,39). The number of amides is 3. The number of hydrogen-bond donors (Lipinski definition) is 5. The number of para-hydroxylation sites is 1. The number of fused-ring (bicyclic) bond motifs is 1. The molecule has 0 aliphatic heterocycles. The number of urea groups is 1. The van der Waals surface area contributed by atoms with E-state index in [-0.39, 0.29) is 31.2 Å². The highest BCUT2D eigenvalue weighted by molar-refractivity contribution is 5.97. The smallest absolute Gasteiger partial charge is 0.319 e. The predicted octanol–water partition coefficient (Wildman–Crippen LogP) is 4.77. The molecule has 8 nitrogen and oxygen atoms in total. The second-order valence-corrected chi connectivity index (χ2v) is 9.77. The summed E-state index contributed by atoms with van der Waals surface area (Å²) in [6, 6.07) is 19.7. The zero-order valence-electron chi connectivity index (χ0n) is 22.9. The van der Waals surface area contributed by atoms with E-state index in [4.69, 9.17) is 4.74 Å². The van der Waals surface area contributed by atoms with Crippen LogP contribution in [-0.4, -0.2) is 47.3 Å². The lowest BCUT2D eigenvalue weighted by atomic mass is 10.0. The van der Waals surface area contributed by atoms with Crippen molar-refractivity contribution in [2.24, 2.45) is 0 Å². The van der Waals surface area contributed by atoms with E-state index in [2.05, 4.69) is 32.8 Å². The molecule has 0 spiro atoms. The minimum absolute atomic E-state index is 0.126. The number of rotatable bonds is 9. The van der Waals surface area contributed by atoms with Crippen LogP contribution in [0, 0.1) is 18.8 Å². The molecule has 5 N–H and O–H groups in total. The van der Waals surface area contributed by atoms with Gasteiger partial charge >= 0.3 is 6.03 Å². The number of H-pyrrole nitrogens is 1. The fourth-order valence-corrected chi connectivity index (χ4v) is 4.22. The van der Waals surface area contributed by atoms with Crippen molar-refractivity contribution in [2.75, 3.05) is 18.5 Å². The molecule has 0 radical (unpaired) electrons. The first kappa shape index (κ1) is 28.3. The quantitative estimate of drug-likeness (QED) is 0.198. The van der Waals surface area contributed by atoms with Gasteiger partial charge in [-0.3, -0.25) is 4.79 Å². The number of anilines is 1. The van der Waals surface area contributed by atoms with Crippen molar-refractivity contribution in [3.63, 3.8) is 0 Å². The Labute approximate surface area is 234 Å². The zero-order chi connectivity index (χ0) is 28.5. The Morgan fingerprint density at radius 2 is 1.82 bits per heavy atom. The third-order valence-electron chi connectivity index (χ3n) is 6.16. The fourth-order valence-electron chi connectivity index (χ4n) is 4.22. The molecule has 3 aromatic carbocycles. The van der Waals surface area contributed by atoms with Crippen molar-refractivity contribution in [2.45, 2.75) is 39.3 Å². The molecule has 1 heterocycles. The van der Waals surface area contributed by atoms with E-state index in [1.165, 1.54) is 0 Å². The van der Waals surface area contributed by atoms with Gasteiger partial charge in [0, 0.05) is 28.4 Å². The van der Waals surface area contributed by atoms with Crippen molar-refractivity contribution in [1.82, 2.24) is 15.6 Å². The number of hydrogen-bond acceptors (Lipinski definition) is 4. The van der Waals surface area contributed by atoms with Crippen molar-refractivity contribution in [3.05, 3.63) is 95.2 Å². The minimum atomic E-state index is -0.496. The molecule has 0 fully saturated rings. The Hall–Kier alpha value is -4.74. The maximum absolute atomic E-state index is 13.4. The first-order valence-corrected chi connectivity index (χ1v) is 13.2. The molecular formula is C32H34N4O4. The molecule has 1 atom stereocenters. The van der Waals surface area contributed by atoms with Crippen molar-refractivity contribution in [1.29, 1.82) is 0 Å². The van der Waals surface area contributed by atoms with Gasteiger partial charge in [-0.2, -0.15) is 0 Å². The van der Waals surface area contributed by atoms with Crippen molar-refractivity contribution >= 4 is 28.5 Å². The molecule has 4 rings (SSSR count). The Morgan fingerprint density at radius 1 is 1.05 bits per heavy atom. The second-order valence-electron chi connectivity index (χ2n) is 9.77. The second kappa shape index (κ2) is 13.4. The Morgan fingerprint density at radius 3 is 2.58 bits per heavy atom. The van der Waals surface area contributed by atoms with Gasteiger partial charge in [0.1, 0.15) is 5.75 Å². The van der Waals surface area contributed by atoms with E-state index in [1.54, 1.807) is 18.2 Å². The summed E-state index contributed by atoms with van der Waals surface area (Å²) >= 11 is 0. The van der Waals surface area contributed by atoms with E-state index in [1.807, 2.05) is 75.5 Å². The number of ether oxygens (including phenoxy) is 1. The van der Waals surface area contributed by atoms with E-state index in [0.29, 0.717) is 29.0 Å². The van der Waals surface area contributed by atoms with Crippen LogP contribution >= 0.6 is 0 Å². The average Bonchev–Trinajstić information content (AvgIpc) is 3.35. The lowest BCUT2D eigenvalue weighted by molar-refractivity contribution is 0.0910. The minimum Gasteiger partial charge on any atom is -0.490 e. The topological polar surface area (TPSA) is 115 Å². The number of aliphatic hydroxyl groups excluding tert-OH is 1. The van der Waals surface area contributed by atoms with E-state index < -0.39 is 6.04 Å². The molecule has 1 unspecified atom stereocenters. The van der Waals surface area contributed by atoms with Gasteiger partial charge in [-0.05, 0) is 69.2 Å². The molecule has 0 bridgehead atoms. The molecule has 40 heavy (non-hydrogen) atoms. The fraction of sp³-hybridized carbons (Fsp3) is 0.250. The molecule has 206 valence electrons. The summed E-state index contributed by atoms with van der Waals surface area (Å²) in [5.41, 5.74) is 4.73. The number of carbonyl (C=O) groups is 2. The molecule has 0 aliphatic carbocycles. The van der Waals surface area contributed by atoms with Gasteiger partial charge in [-0.25, -0.2) is 4.79 Å². The molecular weight excluding hydrogens is 504 g/mol. The summed E-state index contributed by atoms with van der Waals surface area (Å²) in [5, 5.41) is 19.5. The zero-order valence-corrected chi connectivity index (χ0v) is 22.9. The van der Waals surface area contributed by atoms with Crippen LogP contribution in [-0.2, 0) is 6.42 Å². The lowest BCUT2D eigenvalue weighted by Crippen LogP contribution is -2.39. The summed E-state index contributed by atoms with van der Waals surface area (Å²) < 4.78 is 5.88. The van der Waals surface area contributed by atoms with Crippen LogP contribution in [0.2, 0.25) is 0 Å². The first-order chi connectivity index (χ1) is 19.3. The summed E-state index contributed by atoms with van der Waals surface area (Å²) in [6.07, 6.45) is 2.22. The SMILES string of the molecule is Cc1ccc(NC(=O)NCC#Cc2ccc(OC(C)C)c(C(=O)NC(CO)Cc3c[nH]c4ccccc34)c2)cc1. The Bertz CT molecular complexity index is 1530. The number of aryl methyl sites for hydroxylation is 1. The van der Waals surface area contributed by atoms with Crippen LogP contribution in [0.25, 0.3) is 10.9 Å². The van der Waals surface area contributed by atoms with Crippen LogP contribution in [0.3, 0.4) is 0 Å². The molecule has 0 saturated heterocycles. The average molecular weight is 539 g/mol. The lowest BCUT2D eigenvalue weighted by Gasteiger charge is -2.19. The van der Waals surface area contributed by atoms with Gasteiger partial charge in [0.25, 0.3) is 5.91 Å². The number of aromatic amines is 1. The van der Waals surface area contributed by atoms with Crippen LogP contribution in [0.4, 0.5) is 10.5 Å². The number of nitrogens with one attached hydrogen (secondary N) is 4. The summed E-state index contributed by atoms with van der Waals surface area (Å²) in [7, 11) is 0. The summed E-state index contributed by atoms with van der Waals surface area (Å²) in [5.74, 6) is 5.97. The highest BCUT2D eigenvalue weighted by Crippen LogP contribution is 2.23. The highest BCUT2D eigenvalue weighted by atomic mass is 16.5. The molecule has 1 aromatic heterocycles. The van der Waals surface area contributed by atoms with E-state index >= 15 is 0 Å². The predicted molar refractivity (Wildman–Crippen MR) is 158 cm³/mol. The van der Waals surface area contributed by atoms with Gasteiger partial charge in [-0.1, -0.05) is 47.7 Å². The number of aliphatic hydroxyl groups is 1. The van der Waals surface area contributed by atoms with Gasteiger partial charge < -0.3 is 30.8 Å². The highest BCUT2D eigenvalue weighted by Gasteiger charge is 2.19. The van der Waals surface area contributed by atoms with Crippen LogP contribution in [0.15, 0.2) is 72.9 Å². The maximum Gasteiger partial charge on any atom is 0.319 e. The molecule has 8 heteroatoms. The molecule has 0 aliphatic rings. The van der Waals surface area contributed by atoms with E-state index in [9.17, 15) is 14.7 Å². The van der Waals surface area contributed by atoms with Crippen molar-refractivity contribution < 1.29 is 19.4 Å². The Balaban J connectivity index is 1.42. The van der Waals surface area contributed by atoms with E-state index in [0.717, 1.165) is 22.0 Å². The van der Waals surface area contributed by atoms with Crippen molar-refractivity contribution in [3.8, 4) is 17.6 Å². The number of carbonyl (C=O) groups excluding carboxylic acids is 2. The largest absolute Gasteiger partial charge is 0.490 e. The molecule has 0 saturated carbocycles. The van der Waals surface area contributed by atoms with Gasteiger partial charge in [0.15, 0.2) is 0 Å². The number of aromatic nitrogens is 1. The van der Waals surface area contributed by atoms with Crippen LogP contribution in [0.5, 0.6) is 5.75 Å². The third-order valence-corrected chi connectivity index (χ3v) is 6.16. The Kier molecular flexibility index (Phi) is 9.44. The maximum atomic E-state index is 13.4. The summed E-state index contributed by atoms with van der Waals surface area (Å²) in [6.45, 7) is 5.65. The van der Waals surface area contributed by atoms with Crippen LogP contribution in [0.1, 0.15) is 40.9 Å². The third kappa shape index (κ3) is 7.65. The summed E-state index contributed by atoms with van der Waals surface area (Å²) in [4.78, 5) is 28.7. The monoisotopic (exact) mass is 538 g/mol. The van der Waals surface area contributed by atoms with Crippen LogP contribution < -0.4 is 20.7 Å². The molecule has 3 amide bonds. The first-order valence-electron chi connectivity index (χ1n) is 13.2. The van der Waals surface area contributed by atoms with Gasteiger partial charge in [0.05, 0.1) is 30.9 Å².